The minimum absolute atomic E-state index is 0.00418. The summed E-state index contributed by atoms with van der Waals surface area (Å²) >= 11 is 3.67. The second-order valence-corrected chi connectivity index (χ2v) is 10.6. The van der Waals surface area contributed by atoms with Gasteiger partial charge >= 0.3 is 0 Å². The van der Waals surface area contributed by atoms with E-state index in [-0.39, 0.29) is 6.04 Å². The van der Waals surface area contributed by atoms with Gasteiger partial charge in [0.2, 0.25) is 5.90 Å². The third kappa shape index (κ3) is 4.23. The van der Waals surface area contributed by atoms with Crippen LogP contribution in [0, 0.1) is 30.8 Å². The van der Waals surface area contributed by atoms with Crippen LogP contribution in [0.25, 0.3) is 0 Å². The molecule has 1 aliphatic carbocycles. The molecule has 0 aromatic heterocycles. The Morgan fingerprint density at radius 1 is 0.871 bits per heavy atom. The predicted molar refractivity (Wildman–Crippen MR) is 133 cm³/mol. The Hall–Kier alpha value is -1.96. The van der Waals surface area contributed by atoms with Gasteiger partial charge in [-0.15, -0.1) is 0 Å². The van der Waals surface area contributed by atoms with Crippen LogP contribution in [0.4, 0.5) is 0 Å². The predicted octanol–water partition coefficient (Wildman–Crippen LogP) is 5.98. The molecule has 4 heteroatoms. The minimum Gasteiger partial charge on any atom is -0.473 e. The smallest absolute Gasteiger partial charge is 0.218 e. The van der Waals surface area contributed by atoms with E-state index in [0.717, 1.165) is 15.9 Å². The second-order valence-electron chi connectivity index (χ2n) is 7.55. The molecule has 2 nitrogen and oxygen atoms in total. The highest BCUT2D eigenvalue weighted by molar-refractivity contribution is 9.10. The fourth-order valence-electron chi connectivity index (χ4n) is 4.06. The average molecular weight is 487 g/mol. The Labute approximate surface area is 194 Å². The lowest BCUT2D eigenvalue weighted by Crippen LogP contribution is -2.24. The summed E-state index contributed by atoms with van der Waals surface area (Å²) in [6.45, 7) is 2.74. The van der Waals surface area contributed by atoms with Crippen molar-refractivity contribution in [1.29, 1.82) is 0 Å². The van der Waals surface area contributed by atoms with Crippen LogP contribution in [0.5, 0.6) is 0 Å². The SMILES string of the molecule is C[C@@H](N=C1OCc2cccc(Br)c21)[C]1[CH][CH][CH][C]1P(c1ccccc1)c1ccccc1. The maximum absolute atomic E-state index is 5.97. The van der Waals surface area contributed by atoms with Crippen LogP contribution < -0.4 is 10.6 Å². The van der Waals surface area contributed by atoms with E-state index in [4.69, 9.17) is 9.73 Å². The van der Waals surface area contributed by atoms with Crippen LogP contribution in [0.1, 0.15) is 18.1 Å². The number of hydrogen-bond donors (Lipinski definition) is 0. The summed E-state index contributed by atoms with van der Waals surface area (Å²) in [6.07, 6.45) is 6.63. The molecule has 0 unspecified atom stereocenters. The van der Waals surface area contributed by atoms with Gasteiger partial charge in [-0.1, -0.05) is 72.8 Å². The first-order chi connectivity index (χ1) is 15.2. The van der Waals surface area contributed by atoms with Crippen LogP contribution in [0.2, 0.25) is 0 Å². The van der Waals surface area contributed by atoms with Crippen molar-refractivity contribution >= 4 is 40.4 Å². The largest absolute Gasteiger partial charge is 0.473 e. The second kappa shape index (κ2) is 9.27. The van der Waals surface area contributed by atoms with Crippen molar-refractivity contribution in [1.82, 2.24) is 0 Å². The van der Waals surface area contributed by atoms with Crippen molar-refractivity contribution in [2.24, 2.45) is 4.99 Å². The number of halogens is 1. The van der Waals surface area contributed by atoms with Crippen molar-refractivity contribution in [3.05, 3.63) is 125 Å². The molecule has 0 spiro atoms. The first-order valence-corrected chi connectivity index (χ1v) is 12.5. The molecule has 1 heterocycles. The highest BCUT2D eigenvalue weighted by Gasteiger charge is 2.40. The van der Waals surface area contributed by atoms with E-state index < -0.39 is 7.92 Å². The molecule has 5 radical (unpaired) electrons. The zero-order chi connectivity index (χ0) is 21.2. The standard InChI is InChI=1S/C27H22BrNOP/c1-19(29-27-26-20(18-30-27)10-8-16-24(26)28)23-15-9-17-25(23)31(21-11-4-2-5-12-21)22-13-6-3-7-14-22/h2-17,19H,18H2,1H3/t19-/m1/s1. The topological polar surface area (TPSA) is 21.6 Å². The molecule has 2 aliphatic rings. The van der Waals surface area contributed by atoms with Crippen molar-refractivity contribution < 1.29 is 4.74 Å². The van der Waals surface area contributed by atoms with Crippen LogP contribution in [-0.2, 0) is 11.3 Å². The Bertz CT molecular complexity index is 1030. The Morgan fingerprint density at radius 2 is 1.55 bits per heavy atom. The molecule has 1 atom stereocenters. The first-order valence-electron chi connectivity index (χ1n) is 10.4. The third-order valence-corrected chi connectivity index (χ3v) is 8.71. The van der Waals surface area contributed by atoms with E-state index in [0.29, 0.717) is 6.61 Å². The molecule has 3 aromatic carbocycles. The normalized spacial score (nSPS) is 19.0. The molecule has 0 amide bonds. The van der Waals surface area contributed by atoms with E-state index >= 15 is 0 Å². The van der Waals surface area contributed by atoms with Gasteiger partial charge in [0.25, 0.3) is 0 Å². The van der Waals surface area contributed by atoms with E-state index in [2.05, 4.69) is 109 Å². The molecule has 0 bridgehead atoms. The fourth-order valence-corrected chi connectivity index (χ4v) is 7.18. The monoisotopic (exact) mass is 486 g/mol. The summed E-state index contributed by atoms with van der Waals surface area (Å²) in [5, 5.41) is 2.70. The third-order valence-electron chi connectivity index (χ3n) is 5.53. The van der Waals surface area contributed by atoms with Gasteiger partial charge in [-0.25, -0.2) is 4.99 Å². The maximum Gasteiger partial charge on any atom is 0.218 e. The van der Waals surface area contributed by atoms with Gasteiger partial charge in [-0.2, -0.15) is 0 Å². The van der Waals surface area contributed by atoms with Crippen LogP contribution >= 0.6 is 23.9 Å². The lowest BCUT2D eigenvalue weighted by molar-refractivity contribution is 0.310. The van der Waals surface area contributed by atoms with Crippen LogP contribution in [-0.4, -0.2) is 11.9 Å². The van der Waals surface area contributed by atoms with Crippen molar-refractivity contribution in [2.45, 2.75) is 19.6 Å². The summed E-state index contributed by atoms with van der Waals surface area (Å²) < 4.78 is 7.00. The van der Waals surface area contributed by atoms with E-state index in [1.807, 2.05) is 12.1 Å². The molecule has 1 aliphatic heterocycles. The van der Waals surface area contributed by atoms with Crippen LogP contribution in [0.15, 0.2) is 88.3 Å². The number of rotatable bonds is 5. The summed E-state index contributed by atoms with van der Waals surface area (Å²) in [5.41, 5.74) is 3.62. The summed E-state index contributed by atoms with van der Waals surface area (Å²) in [5.74, 6) is 1.99. The molecular weight excluding hydrogens is 465 g/mol. The number of nitrogens with zero attached hydrogens (tertiary/aromatic N) is 1. The number of benzene rings is 3. The van der Waals surface area contributed by atoms with E-state index in [1.54, 1.807) is 0 Å². The van der Waals surface area contributed by atoms with Gasteiger partial charge in [-0.3, -0.25) is 0 Å². The van der Waals surface area contributed by atoms with Gasteiger partial charge in [0.1, 0.15) is 6.61 Å². The van der Waals surface area contributed by atoms with Gasteiger partial charge < -0.3 is 4.74 Å². The molecule has 0 saturated heterocycles. The highest BCUT2D eigenvalue weighted by atomic mass is 79.9. The van der Waals surface area contributed by atoms with E-state index in [1.165, 1.54) is 27.7 Å². The lowest BCUT2D eigenvalue weighted by atomic mass is 9.99. The van der Waals surface area contributed by atoms with Crippen molar-refractivity contribution in [3.63, 3.8) is 0 Å². The van der Waals surface area contributed by atoms with Gasteiger partial charge in [0.15, 0.2) is 0 Å². The molecule has 5 rings (SSSR count). The quantitative estimate of drug-likeness (QED) is 0.406. The molecule has 1 saturated carbocycles. The van der Waals surface area contributed by atoms with Crippen LogP contribution in [0.3, 0.4) is 0 Å². The molecule has 3 aromatic rings. The fraction of sp³-hybridized carbons (Fsp3) is 0.111. The average Bonchev–Trinajstić information content (AvgIpc) is 3.44. The molecule has 153 valence electrons. The summed E-state index contributed by atoms with van der Waals surface area (Å²) in [7, 11) is -0.658. The number of hydrogen-bond acceptors (Lipinski definition) is 2. The maximum atomic E-state index is 5.97. The Morgan fingerprint density at radius 3 is 2.23 bits per heavy atom. The molecule has 0 N–H and O–H groups in total. The number of ether oxygens (including phenoxy) is 1. The molecule has 1 fully saturated rings. The lowest BCUT2D eigenvalue weighted by Gasteiger charge is -2.31. The van der Waals surface area contributed by atoms with Gasteiger partial charge in [0, 0.05) is 21.6 Å². The Kier molecular flexibility index (Phi) is 6.25. The highest BCUT2D eigenvalue weighted by Crippen LogP contribution is 2.57. The summed E-state index contributed by atoms with van der Waals surface area (Å²) in [6, 6.07) is 27.8. The van der Waals surface area contributed by atoms with Gasteiger partial charge in [0.05, 0.1) is 11.6 Å². The number of fused-ring (bicyclic) bond motifs is 1. The number of aliphatic imine (C=N–C) groups is 1. The first kappa shape index (κ1) is 20.9. The zero-order valence-electron chi connectivity index (χ0n) is 17.2. The summed E-state index contributed by atoms with van der Waals surface area (Å²) in [4.78, 5) is 5.03. The Balaban J connectivity index is 1.48. The molecule has 31 heavy (non-hydrogen) atoms. The van der Waals surface area contributed by atoms with E-state index in [9.17, 15) is 0 Å². The molecular formula is C27H22BrNOP. The minimum atomic E-state index is -0.658. The van der Waals surface area contributed by atoms with Gasteiger partial charge in [-0.05, 0) is 66.7 Å². The van der Waals surface area contributed by atoms with Crippen molar-refractivity contribution in [2.75, 3.05) is 0 Å². The van der Waals surface area contributed by atoms with Crippen molar-refractivity contribution in [3.8, 4) is 0 Å². The zero-order valence-corrected chi connectivity index (χ0v) is 19.7.